The Morgan fingerprint density at radius 3 is 2.96 bits per heavy atom. The third-order valence-electron chi connectivity index (χ3n) is 4.80. The molecule has 6 nitrogen and oxygen atoms in total. The van der Waals surface area contributed by atoms with E-state index in [2.05, 4.69) is 30.6 Å². The second-order valence-electron chi connectivity index (χ2n) is 6.57. The minimum atomic E-state index is 0.451. The maximum absolute atomic E-state index is 5.22. The van der Waals surface area contributed by atoms with E-state index < -0.39 is 0 Å². The minimum absolute atomic E-state index is 0.451. The molecule has 1 aliphatic heterocycles. The Morgan fingerprint density at radius 1 is 1.22 bits per heavy atom. The first kappa shape index (κ1) is 14.5. The van der Waals surface area contributed by atoms with Crippen molar-refractivity contribution in [1.29, 1.82) is 0 Å². The molecule has 1 saturated carbocycles. The summed E-state index contributed by atoms with van der Waals surface area (Å²) in [5.74, 6) is 3.92. The van der Waals surface area contributed by atoms with Gasteiger partial charge in [-0.25, -0.2) is 9.97 Å². The molecule has 0 radical (unpaired) electrons. The van der Waals surface area contributed by atoms with Gasteiger partial charge in [-0.05, 0) is 31.6 Å². The smallest absolute Gasteiger partial charge is 0.228 e. The first-order valence-corrected chi connectivity index (χ1v) is 8.46. The van der Waals surface area contributed by atoms with Gasteiger partial charge in [0.1, 0.15) is 5.82 Å². The van der Waals surface area contributed by atoms with Crippen molar-refractivity contribution in [1.82, 2.24) is 19.5 Å². The number of piperidine rings is 1. The van der Waals surface area contributed by atoms with Gasteiger partial charge in [0.15, 0.2) is 0 Å². The highest BCUT2D eigenvalue weighted by Crippen LogP contribution is 2.33. The van der Waals surface area contributed by atoms with Crippen molar-refractivity contribution in [2.24, 2.45) is 5.92 Å². The van der Waals surface area contributed by atoms with Gasteiger partial charge in [0.25, 0.3) is 0 Å². The van der Waals surface area contributed by atoms with Crippen LogP contribution in [0.25, 0.3) is 0 Å². The number of methoxy groups -OCH3 is 1. The van der Waals surface area contributed by atoms with E-state index in [-0.39, 0.29) is 0 Å². The van der Waals surface area contributed by atoms with Crippen molar-refractivity contribution >= 4 is 5.95 Å². The Balaban J connectivity index is 1.51. The SMILES string of the molecule is COc1ccnc(N2CCCC(c3nccn3CC3CC3)C2)n1. The monoisotopic (exact) mass is 313 g/mol. The van der Waals surface area contributed by atoms with Crippen LogP contribution >= 0.6 is 0 Å². The molecule has 3 heterocycles. The highest BCUT2D eigenvalue weighted by molar-refractivity contribution is 5.33. The number of rotatable bonds is 5. The highest BCUT2D eigenvalue weighted by atomic mass is 16.5. The van der Waals surface area contributed by atoms with Crippen molar-refractivity contribution < 1.29 is 4.74 Å². The van der Waals surface area contributed by atoms with Crippen molar-refractivity contribution in [2.75, 3.05) is 25.1 Å². The van der Waals surface area contributed by atoms with E-state index in [1.54, 1.807) is 19.4 Å². The molecule has 6 heteroatoms. The third kappa shape index (κ3) is 3.16. The zero-order valence-corrected chi connectivity index (χ0v) is 13.6. The molecule has 1 saturated heterocycles. The maximum Gasteiger partial charge on any atom is 0.228 e. The molecule has 2 aromatic heterocycles. The summed E-state index contributed by atoms with van der Waals surface area (Å²) in [6.07, 6.45) is 10.9. The average Bonchev–Trinajstić information content (AvgIpc) is 3.30. The Morgan fingerprint density at radius 2 is 2.13 bits per heavy atom. The molecule has 122 valence electrons. The van der Waals surface area contributed by atoms with Crippen LogP contribution in [0.4, 0.5) is 5.95 Å². The largest absolute Gasteiger partial charge is 0.481 e. The predicted molar refractivity (Wildman–Crippen MR) is 87.7 cm³/mol. The molecule has 0 spiro atoms. The van der Waals surface area contributed by atoms with Gasteiger partial charge in [-0.3, -0.25) is 0 Å². The summed E-state index contributed by atoms with van der Waals surface area (Å²) in [7, 11) is 1.64. The first-order chi connectivity index (χ1) is 11.3. The second kappa shape index (κ2) is 6.18. The molecule has 2 aliphatic rings. The molecule has 2 fully saturated rings. The molecule has 4 rings (SSSR count). The summed E-state index contributed by atoms with van der Waals surface area (Å²) >= 11 is 0. The standard InChI is InChI=1S/C17H23N5O/c1-23-15-6-7-19-17(20-15)22-9-2-3-14(12-22)16-18-8-10-21(16)11-13-4-5-13/h6-8,10,13-14H,2-5,9,11-12H2,1H3. The first-order valence-electron chi connectivity index (χ1n) is 8.46. The Labute approximate surface area is 136 Å². The number of nitrogens with zero attached hydrogens (tertiary/aromatic N) is 5. The topological polar surface area (TPSA) is 56.1 Å². The molecule has 0 N–H and O–H groups in total. The van der Waals surface area contributed by atoms with E-state index in [4.69, 9.17) is 4.74 Å². The van der Waals surface area contributed by atoms with Crippen LogP contribution < -0.4 is 9.64 Å². The quantitative estimate of drug-likeness (QED) is 0.849. The lowest BCUT2D eigenvalue weighted by molar-refractivity contribution is 0.395. The van der Waals surface area contributed by atoms with E-state index in [1.807, 2.05) is 6.20 Å². The lowest BCUT2D eigenvalue weighted by Gasteiger charge is -2.32. The predicted octanol–water partition coefficient (Wildman–Crippen LogP) is 2.48. The van der Waals surface area contributed by atoms with Crippen molar-refractivity contribution in [3.05, 3.63) is 30.5 Å². The summed E-state index contributed by atoms with van der Waals surface area (Å²) < 4.78 is 7.58. The van der Waals surface area contributed by atoms with Crippen LogP contribution in [0.1, 0.15) is 37.4 Å². The maximum atomic E-state index is 5.22. The molecule has 0 amide bonds. The molecule has 2 aromatic rings. The number of anilines is 1. The van der Waals surface area contributed by atoms with Gasteiger partial charge in [-0.15, -0.1) is 0 Å². The lowest BCUT2D eigenvalue weighted by atomic mass is 9.97. The van der Waals surface area contributed by atoms with Crippen LogP contribution in [-0.4, -0.2) is 39.7 Å². The summed E-state index contributed by atoms with van der Waals surface area (Å²) in [6.45, 7) is 3.04. The number of aromatic nitrogens is 4. The molecule has 23 heavy (non-hydrogen) atoms. The molecule has 0 aromatic carbocycles. The van der Waals surface area contributed by atoms with Gasteiger partial charge in [0.05, 0.1) is 7.11 Å². The van der Waals surface area contributed by atoms with Gasteiger partial charge in [-0.1, -0.05) is 0 Å². The molecule has 0 bridgehead atoms. The van der Waals surface area contributed by atoms with Crippen LogP contribution in [0.2, 0.25) is 0 Å². The summed E-state index contributed by atoms with van der Waals surface area (Å²) in [6, 6.07) is 1.78. The molecular formula is C17H23N5O. The number of hydrogen-bond acceptors (Lipinski definition) is 5. The van der Waals surface area contributed by atoms with Crippen molar-refractivity contribution in [3.8, 4) is 5.88 Å². The van der Waals surface area contributed by atoms with Gasteiger partial charge < -0.3 is 14.2 Å². The van der Waals surface area contributed by atoms with Gasteiger partial charge in [0, 0.05) is 50.2 Å². The van der Waals surface area contributed by atoms with Gasteiger partial charge in [0.2, 0.25) is 11.8 Å². The summed E-state index contributed by atoms with van der Waals surface area (Å²) in [4.78, 5) is 15.8. The van der Waals surface area contributed by atoms with Crippen LogP contribution in [-0.2, 0) is 6.54 Å². The van der Waals surface area contributed by atoms with Gasteiger partial charge >= 0.3 is 0 Å². The van der Waals surface area contributed by atoms with E-state index >= 15 is 0 Å². The van der Waals surface area contributed by atoms with Gasteiger partial charge in [-0.2, -0.15) is 4.98 Å². The zero-order valence-electron chi connectivity index (χ0n) is 13.6. The van der Waals surface area contributed by atoms with E-state index in [9.17, 15) is 0 Å². The fraction of sp³-hybridized carbons (Fsp3) is 0.588. The van der Waals surface area contributed by atoms with E-state index in [1.165, 1.54) is 25.1 Å². The van der Waals surface area contributed by atoms with E-state index in [0.29, 0.717) is 11.8 Å². The Hall–Kier alpha value is -2.11. The number of imidazole rings is 1. The van der Waals surface area contributed by atoms with Crippen molar-refractivity contribution in [2.45, 2.75) is 38.1 Å². The van der Waals surface area contributed by atoms with Crippen LogP contribution in [0.15, 0.2) is 24.7 Å². The zero-order chi connectivity index (χ0) is 15.6. The fourth-order valence-corrected chi connectivity index (χ4v) is 3.38. The van der Waals surface area contributed by atoms with Crippen LogP contribution in [0.3, 0.4) is 0 Å². The van der Waals surface area contributed by atoms with Crippen LogP contribution in [0, 0.1) is 5.92 Å². The fourth-order valence-electron chi connectivity index (χ4n) is 3.38. The molecule has 1 unspecified atom stereocenters. The Kier molecular flexibility index (Phi) is 3.89. The average molecular weight is 313 g/mol. The molecule has 1 aliphatic carbocycles. The van der Waals surface area contributed by atoms with Crippen molar-refractivity contribution in [3.63, 3.8) is 0 Å². The summed E-state index contributed by atoms with van der Waals surface area (Å²) in [5.41, 5.74) is 0. The number of ether oxygens (including phenoxy) is 1. The third-order valence-corrected chi connectivity index (χ3v) is 4.80. The summed E-state index contributed by atoms with van der Waals surface area (Å²) in [5, 5.41) is 0. The molecular weight excluding hydrogens is 290 g/mol. The minimum Gasteiger partial charge on any atom is -0.481 e. The number of hydrogen-bond donors (Lipinski definition) is 0. The Bertz CT molecular complexity index is 667. The van der Waals surface area contributed by atoms with Crippen LogP contribution in [0.5, 0.6) is 5.88 Å². The van der Waals surface area contributed by atoms with E-state index in [0.717, 1.165) is 37.9 Å². The highest BCUT2D eigenvalue weighted by Gasteiger charge is 2.28. The normalized spacial score (nSPS) is 21.4. The molecule has 1 atom stereocenters. The second-order valence-corrected chi connectivity index (χ2v) is 6.57. The lowest BCUT2D eigenvalue weighted by Crippen LogP contribution is -2.36.